The zero-order valence-corrected chi connectivity index (χ0v) is 15.2. The lowest BCUT2D eigenvalue weighted by Crippen LogP contribution is -2.34. The average Bonchev–Trinajstić information content (AvgIpc) is 2.64. The van der Waals surface area contributed by atoms with Gasteiger partial charge in [-0.1, -0.05) is 19.3 Å². The molecule has 0 unspecified atom stereocenters. The summed E-state index contributed by atoms with van der Waals surface area (Å²) in [6.45, 7) is -0.277. The third-order valence-corrected chi connectivity index (χ3v) is 4.94. The molecule has 1 heterocycles. The van der Waals surface area contributed by atoms with Crippen molar-refractivity contribution in [1.82, 2.24) is 9.55 Å². The number of rotatable bonds is 5. The minimum absolute atomic E-state index is 0.277. The topological polar surface area (TPSA) is 87.2 Å². The molecule has 0 radical (unpaired) electrons. The molecule has 2 N–H and O–H groups in total. The molecule has 1 aliphatic rings. The van der Waals surface area contributed by atoms with E-state index in [-0.39, 0.29) is 6.54 Å². The van der Waals surface area contributed by atoms with Crippen molar-refractivity contribution >= 4 is 17.3 Å². The molecule has 3 rings (SSSR count). The molecule has 8 heteroatoms. The fraction of sp³-hybridized carbons (Fsp3) is 0.421. The van der Waals surface area contributed by atoms with Gasteiger partial charge in [0, 0.05) is 31.0 Å². The number of amides is 1. The van der Waals surface area contributed by atoms with Crippen LogP contribution in [-0.4, -0.2) is 28.5 Å². The van der Waals surface area contributed by atoms with Crippen LogP contribution in [0, 0.1) is 5.82 Å². The third-order valence-electron chi connectivity index (χ3n) is 4.94. The van der Waals surface area contributed by atoms with E-state index in [2.05, 4.69) is 10.3 Å². The predicted molar refractivity (Wildman–Crippen MR) is 102 cm³/mol. The van der Waals surface area contributed by atoms with Crippen molar-refractivity contribution in [2.24, 2.45) is 0 Å². The van der Waals surface area contributed by atoms with Gasteiger partial charge in [0.05, 0.1) is 5.69 Å². The highest BCUT2D eigenvalue weighted by molar-refractivity contribution is 5.90. The van der Waals surface area contributed by atoms with Crippen molar-refractivity contribution < 1.29 is 9.18 Å². The summed E-state index contributed by atoms with van der Waals surface area (Å²) in [5.41, 5.74) is -0.378. The number of nitrogens with zero attached hydrogens (tertiary/aromatic N) is 2. The lowest BCUT2D eigenvalue weighted by atomic mass is 9.94. The molecule has 0 bridgehead atoms. The fourth-order valence-corrected chi connectivity index (χ4v) is 3.46. The number of aromatic nitrogens is 2. The summed E-state index contributed by atoms with van der Waals surface area (Å²) >= 11 is 0. The lowest BCUT2D eigenvalue weighted by Gasteiger charge is -2.33. The van der Waals surface area contributed by atoms with Crippen molar-refractivity contribution in [3.8, 4) is 0 Å². The first-order chi connectivity index (χ1) is 12.9. The smallest absolute Gasteiger partial charge is 0.328 e. The van der Waals surface area contributed by atoms with E-state index >= 15 is 0 Å². The molecule has 0 saturated heterocycles. The molecular weight excluding hydrogens is 351 g/mol. The zero-order valence-electron chi connectivity index (χ0n) is 15.2. The maximum absolute atomic E-state index is 14.6. The Morgan fingerprint density at radius 3 is 2.67 bits per heavy atom. The highest BCUT2D eigenvalue weighted by Crippen LogP contribution is 2.29. The van der Waals surface area contributed by atoms with Crippen molar-refractivity contribution in [2.75, 3.05) is 17.3 Å². The molecule has 1 aromatic heterocycles. The highest BCUT2D eigenvalue weighted by Gasteiger charge is 2.20. The summed E-state index contributed by atoms with van der Waals surface area (Å²) in [6.07, 6.45) is 6.91. The molecule has 1 aliphatic carbocycles. The molecular formula is C19H23FN4O3. The summed E-state index contributed by atoms with van der Waals surface area (Å²) in [7, 11) is 1.90. The van der Waals surface area contributed by atoms with Crippen molar-refractivity contribution in [3.63, 3.8) is 0 Å². The molecule has 144 valence electrons. The Morgan fingerprint density at radius 2 is 2.00 bits per heavy atom. The third kappa shape index (κ3) is 4.64. The maximum Gasteiger partial charge on any atom is 0.328 e. The predicted octanol–water partition coefficient (Wildman–Crippen LogP) is 2.08. The number of hydrogen-bond donors (Lipinski definition) is 2. The number of halogens is 1. The summed E-state index contributed by atoms with van der Waals surface area (Å²) < 4.78 is 15.6. The highest BCUT2D eigenvalue weighted by atomic mass is 19.1. The van der Waals surface area contributed by atoms with Gasteiger partial charge in [-0.25, -0.2) is 9.18 Å². The fourth-order valence-electron chi connectivity index (χ4n) is 3.46. The monoisotopic (exact) mass is 374 g/mol. The number of anilines is 2. The number of hydrogen-bond acceptors (Lipinski definition) is 4. The van der Waals surface area contributed by atoms with E-state index in [1.54, 1.807) is 12.1 Å². The van der Waals surface area contributed by atoms with Crippen LogP contribution in [0.5, 0.6) is 0 Å². The van der Waals surface area contributed by atoms with E-state index in [1.165, 1.54) is 18.7 Å². The Labute approximate surface area is 155 Å². The van der Waals surface area contributed by atoms with Gasteiger partial charge in [0.15, 0.2) is 0 Å². The largest absolute Gasteiger partial charge is 0.369 e. The molecule has 1 amide bonds. The number of carbonyl (C=O) groups excluding carboxylic acids is 1. The van der Waals surface area contributed by atoms with Crippen molar-refractivity contribution in [3.05, 3.63) is 57.1 Å². The van der Waals surface area contributed by atoms with Gasteiger partial charge < -0.3 is 10.2 Å². The Hall–Kier alpha value is -2.90. The first-order valence-electron chi connectivity index (χ1n) is 9.06. The summed E-state index contributed by atoms with van der Waals surface area (Å²) in [5, 5.41) is 2.57. The molecule has 0 atom stereocenters. The van der Waals surface area contributed by atoms with Gasteiger partial charge in [-0.2, -0.15) is 0 Å². The Kier molecular flexibility index (Phi) is 5.73. The first-order valence-corrected chi connectivity index (χ1v) is 9.06. The van der Waals surface area contributed by atoms with Crippen LogP contribution in [0.2, 0.25) is 0 Å². The van der Waals surface area contributed by atoms with Gasteiger partial charge in [0.1, 0.15) is 12.4 Å². The van der Waals surface area contributed by atoms with Gasteiger partial charge in [0.2, 0.25) is 5.91 Å². The molecule has 1 fully saturated rings. The second-order valence-corrected chi connectivity index (χ2v) is 6.86. The Morgan fingerprint density at radius 1 is 1.26 bits per heavy atom. The van der Waals surface area contributed by atoms with Gasteiger partial charge in [-0.15, -0.1) is 0 Å². The second-order valence-electron chi connectivity index (χ2n) is 6.86. The number of aromatic amines is 1. The van der Waals surface area contributed by atoms with Crippen LogP contribution in [0.25, 0.3) is 0 Å². The molecule has 1 saturated carbocycles. The van der Waals surface area contributed by atoms with Crippen LogP contribution < -0.4 is 21.5 Å². The number of H-pyrrole nitrogens is 1. The number of benzene rings is 1. The van der Waals surface area contributed by atoms with Crippen molar-refractivity contribution in [1.29, 1.82) is 0 Å². The van der Waals surface area contributed by atoms with Gasteiger partial charge in [-0.05, 0) is 31.0 Å². The van der Waals surface area contributed by atoms with Crippen LogP contribution >= 0.6 is 0 Å². The summed E-state index contributed by atoms with van der Waals surface area (Å²) in [4.78, 5) is 38.8. The van der Waals surface area contributed by atoms with E-state index in [1.807, 2.05) is 11.9 Å². The van der Waals surface area contributed by atoms with E-state index in [4.69, 9.17) is 0 Å². The van der Waals surface area contributed by atoms with Crippen LogP contribution in [0.1, 0.15) is 32.1 Å². The molecule has 0 aliphatic heterocycles. The van der Waals surface area contributed by atoms with Crippen LogP contribution in [-0.2, 0) is 11.3 Å². The van der Waals surface area contributed by atoms with Gasteiger partial charge in [0.25, 0.3) is 5.56 Å². The minimum atomic E-state index is -0.673. The molecule has 27 heavy (non-hydrogen) atoms. The summed E-state index contributed by atoms with van der Waals surface area (Å²) in [6, 6.07) is 6.07. The van der Waals surface area contributed by atoms with E-state index in [0.29, 0.717) is 17.4 Å². The van der Waals surface area contributed by atoms with Gasteiger partial charge >= 0.3 is 5.69 Å². The Balaban J connectivity index is 1.67. The molecule has 0 spiro atoms. The number of carbonyl (C=O) groups is 1. The Bertz CT molecular complexity index is 931. The standard InChI is InChI=1S/C19H23FN4O3/c1-23(14-5-3-2-4-6-14)16-8-7-13(11-15(16)20)21-18(26)12-24-10-9-17(25)22-19(24)27/h7-11,14H,2-6,12H2,1H3,(H,21,26)(H,22,25,27). The van der Waals surface area contributed by atoms with Crippen LogP contribution in [0.4, 0.5) is 15.8 Å². The SMILES string of the molecule is CN(c1ccc(NC(=O)Cn2ccc(=O)[nH]c2=O)cc1F)C1CCCCC1. The van der Waals surface area contributed by atoms with Crippen LogP contribution in [0.3, 0.4) is 0 Å². The van der Waals surface area contributed by atoms with Gasteiger partial charge in [-0.3, -0.25) is 19.1 Å². The lowest BCUT2D eigenvalue weighted by molar-refractivity contribution is -0.116. The van der Waals surface area contributed by atoms with E-state index < -0.39 is 23.0 Å². The number of nitrogens with one attached hydrogen (secondary N) is 2. The van der Waals surface area contributed by atoms with Crippen molar-refractivity contribution in [2.45, 2.75) is 44.7 Å². The molecule has 2 aromatic rings. The molecule has 7 nitrogen and oxygen atoms in total. The first kappa shape index (κ1) is 18.9. The quantitative estimate of drug-likeness (QED) is 0.839. The summed E-state index contributed by atoms with van der Waals surface area (Å²) in [5.74, 6) is -0.890. The molecule has 1 aromatic carbocycles. The van der Waals surface area contributed by atoms with E-state index in [0.717, 1.165) is 36.3 Å². The average molecular weight is 374 g/mol. The van der Waals surface area contributed by atoms with Crippen LogP contribution in [0.15, 0.2) is 40.1 Å². The maximum atomic E-state index is 14.6. The normalized spacial score (nSPS) is 14.7. The minimum Gasteiger partial charge on any atom is -0.369 e. The zero-order chi connectivity index (χ0) is 19.4. The van der Waals surface area contributed by atoms with E-state index in [9.17, 15) is 18.8 Å². The second kappa shape index (κ2) is 8.20.